The number of fused-ring (bicyclic) bond motifs is 1. The van der Waals surface area contributed by atoms with Crippen molar-refractivity contribution in [1.82, 2.24) is 9.72 Å². The Morgan fingerprint density at radius 3 is 3.23 bits per heavy atom. The minimum absolute atomic E-state index is 0.510. The van der Waals surface area contributed by atoms with Crippen molar-refractivity contribution in [3.8, 4) is 0 Å². The number of aromatic nitrogens is 2. The largest absolute Gasteiger partial charge is 0.324 e. The lowest BCUT2D eigenvalue weighted by Gasteiger charge is -2.13. The Labute approximate surface area is 82.7 Å². The minimum atomic E-state index is 0.510. The molecule has 0 bridgehead atoms. The van der Waals surface area contributed by atoms with E-state index in [1.807, 2.05) is 0 Å². The fourth-order valence-electron chi connectivity index (χ4n) is 1.99. The number of aryl methyl sites for hydroxylation is 1. The summed E-state index contributed by atoms with van der Waals surface area (Å²) in [4.78, 5) is 0.545. The second-order valence-electron chi connectivity index (χ2n) is 3.54. The monoisotopic (exact) mass is 198 g/mol. The lowest BCUT2D eigenvalue weighted by Crippen LogP contribution is -2.09. The van der Waals surface area contributed by atoms with Crippen LogP contribution in [0.2, 0.25) is 0 Å². The molecule has 2 rings (SSSR count). The van der Waals surface area contributed by atoms with Crippen LogP contribution in [0.3, 0.4) is 0 Å². The average Bonchev–Trinajstić information content (AvgIpc) is 2.39. The van der Waals surface area contributed by atoms with Gasteiger partial charge in [0.15, 0.2) is 5.82 Å². The molecule has 72 valence electrons. The van der Waals surface area contributed by atoms with Gasteiger partial charge in [-0.15, -0.1) is 0 Å². The molecule has 13 heavy (non-hydrogen) atoms. The van der Waals surface area contributed by atoms with Crippen LogP contribution in [0.5, 0.6) is 0 Å². The van der Waals surface area contributed by atoms with Gasteiger partial charge in [-0.3, -0.25) is 4.57 Å². The Balaban J connectivity index is 2.44. The standard InChI is InChI=1S/C9H14N2OS/c1-2-7-5-3-4-6-8-10-12-9(13)11(7)8/h7H,2-6H2,1H3. The van der Waals surface area contributed by atoms with E-state index in [2.05, 4.69) is 16.6 Å². The maximum absolute atomic E-state index is 5.11. The van der Waals surface area contributed by atoms with Crippen LogP contribution >= 0.6 is 12.2 Å². The van der Waals surface area contributed by atoms with Crippen LogP contribution in [-0.2, 0) is 6.42 Å². The molecule has 1 unspecified atom stereocenters. The van der Waals surface area contributed by atoms with Crippen LogP contribution in [0.1, 0.15) is 44.5 Å². The molecule has 3 nitrogen and oxygen atoms in total. The molecule has 1 aromatic heterocycles. The van der Waals surface area contributed by atoms with Crippen molar-refractivity contribution >= 4 is 12.2 Å². The fraction of sp³-hybridized carbons (Fsp3) is 0.778. The molecule has 0 aliphatic carbocycles. The second-order valence-corrected chi connectivity index (χ2v) is 3.89. The van der Waals surface area contributed by atoms with Crippen LogP contribution < -0.4 is 0 Å². The Morgan fingerprint density at radius 1 is 1.62 bits per heavy atom. The lowest BCUT2D eigenvalue weighted by molar-refractivity contribution is 0.370. The van der Waals surface area contributed by atoms with Crippen molar-refractivity contribution in [2.45, 2.75) is 45.1 Å². The highest BCUT2D eigenvalue weighted by Crippen LogP contribution is 2.25. The van der Waals surface area contributed by atoms with Crippen LogP contribution in [0, 0.1) is 4.84 Å². The molecular formula is C9H14N2OS. The molecule has 0 saturated heterocycles. The van der Waals surface area contributed by atoms with Crippen molar-refractivity contribution in [1.29, 1.82) is 0 Å². The Bertz CT molecular complexity index is 342. The first-order chi connectivity index (χ1) is 6.33. The highest BCUT2D eigenvalue weighted by Gasteiger charge is 2.19. The van der Waals surface area contributed by atoms with Gasteiger partial charge in [0.2, 0.25) is 0 Å². The number of hydrogen-bond acceptors (Lipinski definition) is 3. The van der Waals surface area contributed by atoms with Crippen molar-refractivity contribution in [2.75, 3.05) is 0 Å². The molecule has 0 radical (unpaired) electrons. The van der Waals surface area contributed by atoms with E-state index in [1.165, 1.54) is 19.3 Å². The molecule has 0 amide bonds. The Morgan fingerprint density at radius 2 is 2.46 bits per heavy atom. The van der Waals surface area contributed by atoms with E-state index in [1.54, 1.807) is 0 Å². The molecule has 1 aromatic rings. The van der Waals surface area contributed by atoms with Gasteiger partial charge in [-0.05, 0) is 31.5 Å². The summed E-state index contributed by atoms with van der Waals surface area (Å²) in [5.74, 6) is 1.04. The van der Waals surface area contributed by atoms with Gasteiger partial charge < -0.3 is 4.52 Å². The minimum Gasteiger partial charge on any atom is -0.324 e. The molecule has 1 aliphatic heterocycles. The summed E-state index contributed by atoms with van der Waals surface area (Å²) in [5, 5.41) is 4.00. The second kappa shape index (κ2) is 3.62. The molecule has 0 N–H and O–H groups in total. The first-order valence-electron chi connectivity index (χ1n) is 4.90. The van der Waals surface area contributed by atoms with E-state index in [4.69, 9.17) is 16.7 Å². The fourth-order valence-corrected chi connectivity index (χ4v) is 2.28. The molecular weight excluding hydrogens is 184 g/mol. The van der Waals surface area contributed by atoms with Crippen molar-refractivity contribution in [2.24, 2.45) is 0 Å². The van der Waals surface area contributed by atoms with Crippen molar-refractivity contribution in [3.05, 3.63) is 10.7 Å². The first-order valence-corrected chi connectivity index (χ1v) is 5.31. The normalized spacial score (nSPS) is 22.4. The van der Waals surface area contributed by atoms with E-state index in [0.29, 0.717) is 10.9 Å². The lowest BCUT2D eigenvalue weighted by atomic mass is 10.1. The predicted octanol–water partition coefficient (Wildman–Crippen LogP) is 2.88. The van der Waals surface area contributed by atoms with E-state index < -0.39 is 0 Å². The molecule has 4 heteroatoms. The summed E-state index contributed by atoms with van der Waals surface area (Å²) >= 11 is 5.11. The summed E-state index contributed by atoms with van der Waals surface area (Å²) in [6.07, 6.45) is 5.81. The van der Waals surface area contributed by atoms with Gasteiger partial charge in [0, 0.05) is 12.5 Å². The number of nitrogens with zero attached hydrogens (tertiary/aromatic N) is 2. The highest BCUT2D eigenvalue weighted by atomic mass is 32.1. The maximum Gasteiger partial charge on any atom is 0.297 e. The van der Waals surface area contributed by atoms with E-state index in [0.717, 1.165) is 18.7 Å². The van der Waals surface area contributed by atoms with Gasteiger partial charge in [-0.2, -0.15) is 0 Å². The van der Waals surface area contributed by atoms with Crippen LogP contribution in [-0.4, -0.2) is 9.72 Å². The topological polar surface area (TPSA) is 31.0 Å². The molecule has 0 fully saturated rings. The van der Waals surface area contributed by atoms with Crippen molar-refractivity contribution in [3.63, 3.8) is 0 Å². The first kappa shape index (κ1) is 8.94. The molecule has 1 atom stereocenters. The van der Waals surface area contributed by atoms with Gasteiger partial charge in [0.05, 0.1) is 0 Å². The summed E-state index contributed by atoms with van der Waals surface area (Å²) in [6, 6.07) is 0.510. The number of hydrogen-bond donors (Lipinski definition) is 0. The highest BCUT2D eigenvalue weighted by molar-refractivity contribution is 7.71. The predicted molar refractivity (Wildman–Crippen MR) is 52.2 cm³/mol. The summed E-state index contributed by atoms with van der Waals surface area (Å²) in [7, 11) is 0. The Hall–Kier alpha value is -0.640. The van der Waals surface area contributed by atoms with E-state index >= 15 is 0 Å². The van der Waals surface area contributed by atoms with Gasteiger partial charge in [-0.25, -0.2) is 0 Å². The molecule has 2 heterocycles. The molecule has 0 aromatic carbocycles. The zero-order chi connectivity index (χ0) is 9.26. The maximum atomic E-state index is 5.11. The van der Waals surface area contributed by atoms with Gasteiger partial charge >= 0.3 is 0 Å². The molecule has 0 spiro atoms. The smallest absolute Gasteiger partial charge is 0.297 e. The molecule has 0 saturated carbocycles. The third-order valence-electron chi connectivity index (χ3n) is 2.73. The summed E-state index contributed by atoms with van der Waals surface area (Å²) < 4.78 is 7.13. The van der Waals surface area contributed by atoms with Gasteiger partial charge in [0.1, 0.15) is 0 Å². The van der Waals surface area contributed by atoms with Crippen molar-refractivity contribution < 1.29 is 4.52 Å². The number of rotatable bonds is 1. The van der Waals surface area contributed by atoms with Crippen LogP contribution in [0.25, 0.3) is 0 Å². The van der Waals surface area contributed by atoms with Crippen LogP contribution in [0.4, 0.5) is 0 Å². The quantitative estimate of drug-likeness (QED) is 0.650. The average molecular weight is 198 g/mol. The van der Waals surface area contributed by atoms with E-state index in [-0.39, 0.29) is 0 Å². The Kier molecular flexibility index (Phi) is 2.49. The molecule has 1 aliphatic rings. The third-order valence-corrected chi connectivity index (χ3v) is 3.00. The summed E-state index contributed by atoms with van der Waals surface area (Å²) in [6.45, 7) is 2.19. The van der Waals surface area contributed by atoms with E-state index in [9.17, 15) is 0 Å². The zero-order valence-corrected chi connectivity index (χ0v) is 8.64. The third kappa shape index (κ3) is 1.55. The van der Waals surface area contributed by atoms with Gasteiger partial charge in [0.25, 0.3) is 4.84 Å². The van der Waals surface area contributed by atoms with Crippen LogP contribution in [0.15, 0.2) is 4.52 Å². The summed E-state index contributed by atoms with van der Waals surface area (Å²) in [5.41, 5.74) is 0. The zero-order valence-electron chi connectivity index (χ0n) is 7.82. The SMILES string of the molecule is CCC1CCCCc2noc(=S)n21. The van der Waals surface area contributed by atoms with Gasteiger partial charge in [-0.1, -0.05) is 18.5 Å².